The molecule has 0 heterocycles. The fraction of sp³-hybridized carbons (Fsp3) is 0.350. The van der Waals surface area contributed by atoms with E-state index in [2.05, 4.69) is 41.4 Å². The number of rotatable bonds is 8. The van der Waals surface area contributed by atoms with Gasteiger partial charge < -0.3 is 19.7 Å². The molecule has 1 amide bonds. The Balaban J connectivity index is 1.85. The summed E-state index contributed by atoms with van der Waals surface area (Å²) in [5, 5.41) is 2.94. The lowest BCUT2D eigenvalue weighted by atomic mass is 10.0. The topological polar surface area (TPSA) is 50.8 Å². The highest BCUT2D eigenvalue weighted by molar-refractivity contribution is 5.77. The van der Waals surface area contributed by atoms with Crippen molar-refractivity contribution in [1.82, 2.24) is 10.2 Å². The Bertz CT molecular complexity index is 666. The Morgan fingerprint density at radius 3 is 2.20 bits per heavy atom. The molecule has 0 saturated heterocycles. The van der Waals surface area contributed by atoms with Crippen molar-refractivity contribution < 1.29 is 14.3 Å². The van der Waals surface area contributed by atoms with Crippen LogP contribution in [0.4, 0.5) is 0 Å². The largest absolute Gasteiger partial charge is 0.497 e. The number of ether oxygens (including phenoxy) is 2. The predicted octanol–water partition coefficient (Wildman–Crippen LogP) is 2.80. The van der Waals surface area contributed by atoms with E-state index in [-0.39, 0.29) is 18.6 Å². The van der Waals surface area contributed by atoms with E-state index in [0.717, 1.165) is 5.75 Å². The van der Waals surface area contributed by atoms with E-state index in [1.165, 1.54) is 11.1 Å². The summed E-state index contributed by atoms with van der Waals surface area (Å²) in [6, 6.07) is 15.6. The van der Waals surface area contributed by atoms with Crippen molar-refractivity contribution in [2.45, 2.75) is 13.0 Å². The average Bonchev–Trinajstić information content (AvgIpc) is 2.61. The molecule has 0 fully saturated rings. The Kier molecular flexibility index (Phi) is 6.83. The van der Waals surface area contributed by atoms with Crippen LogP contribution in [0, 0.1) is 6.92 Å². The molecule has 2 aromatic carbocycles. The summed E-state index contributed by atoms with van der Waals surface area (Å²) in [5.41, 5.74) is 2.39. The second kappa shape index (κ2) is 9.08. The molecule has 0 aliphatic carbocycles. The highest BCUT2D eigenvalue weighted by Gasteiger charge is 2.15. The molecule has 0 saturated carbocycles. The van der Waals surface area contributed by atoms with Crippen molar-refractivity contribution in [2.75, 3.05) is 34.4 Å². The number of likely N-dealkylation sites (N-methyl/N-ethyl adjacent to an activating group) is 1. The maximum Gasteiger partial charge on any atom is 0.258 e. The molecule has 0 spiro atoms. The van der Waals surface area contributed by atoms with Crippen LogP contribution in [0.1, 0.15) is 17.2 Å². The van der Waals surface area contributed by atoms with Gasteiger partial charge in [0.15, 0.2) is 6.61 Å². The molecule has 0 unspecified atom stereocenters. The van der Waals surface area contributed by atoms with Crippen LogP contribution in [0.2, 0.25) is 0 Å². The number of benzene rings is 2. The summed E-state index contributed by atoms with van der Waals surface area (Å²) in [6.45, 7) is 2.58. The monoisotopic (exact) mass is 342 g/mol. The minimum atomic E-state index is -0.144. The fourth-order valence-electron chi connectivity index (χ4n) is 2.47. The van der Waals surface area contributed by atoms with Gasteiger partial charge in [-0.2, -0.15) is 0 Å². The summed E-state index contributed by atoms with van der Waals surface area (Å²) in [4.78, 5) is 14.2. The molecule has 0 bridgehead atoms. The predicted molar refractivity (Wildman–Crippen MR) is 99.1 cm³/mol. The van der Waals surface area contributed by atoms with Crippen LogP contribution in [0.3, 0.4) is 0 Å². The lowest BCUT2D eigenvalue weighted by molar-refractivity contribution is -0.123. The number of amides is 1. The molecule has 2 aromatic rings. The maximum absolute atomic E-state index is 12.1. The molecule has 0 aliphatic heterocycles. The zero-order valence-electron chi connectivity index (χ0n) is 15.3. The third-order valence-electron chi connectivity index (χ3n) is 4.01. The molecular formula is C20H26N2O3. The first-order chi connectivity index (χ1) is 12.0. The van der Waals surface area contributed by atoms with Crippen LogP contribution in [0.5, 0.6) is 11.5 Å². The Morgan fingerprint density at radius 2 is 1.64 bits per heavy atom. The first kappa shape index (κ1) is 18.8. The van der Waals surface area contributed by atoms with Gasteiger partial charge in [-0.1, -0.05) is 29.8 Å². The second-order valence-electron chi connectivity index (χ2n) is 6.16. The van der Waals surface area contributed by atoms with Gasteiger partial charge in [0.1, 0.15) is 11.5 Å². The van der Waals surface area contributed by atoms with E-state index in [1.807, 2.05) is 14.1 Å². The number of aryl methyl sites for hydroxylation is 1. The average molecular weight is 342 g/mol. The van der Waals surface area contributed by atoms with Crippen molar-refractivity contribution in [1.29, 1.82) is 0 Å². The van der Waals surface area contributed by atoms with Gasteiger partial charge in [-0.05, 0) is 50.8 Å². The lowest BCUT2D eigenvalue weighted by Crippen LogP contribution is -2.36. The number of hydrogen-bond acceptors (Lipinski definition) is 4. The first-order valence-corrected chi connectivity index (χ1v) is 8.26. The third-order valence-corrected chi connectivity index (χ3v) is 4.01. The summed E-state index contributed by atoms with van der Waals surface area (Å²) < 4.78 is 10.6. The van der Waals surface area contributed by atoms with Gasteiger partial charge in [-0.3, -0.25) is 4.79 Å². The molecule has 0 radical (unpaired) electrons. The lowest BCUT2D eigenvalue weighted by Gasteiger charge is -2.25. The summed E-state index contributed by atoms with van der Waals surface area (Å²) >= 11 is 0. The molecule has 0 aliphatic rings. The van der Waals surface area contributed by atoms with Crippen LogP contribution in [-0.2, 0) is 4.79 Å². The minimum absolute atomic E-state index is 0.0135. The number of carbonyl (C=O) groups is 1. The van der Waals surface area contributed by atoms with Crippen LogP contribution in [0.15, 0.2) is 48.5 Å². The normalized spacial score (nSPS) is 11.9. The highest BCUT2D eigenvalue weighted by atomic mass is 16.5. The number of carbonyl (C=O) groups excluding carboxylic acids is 1. The van der Waals surface area contributed by atoms with Gasteiger partial charge in [0.2, 0.25) is 0 Å². The van der Waals surface area contributed by atoms with E-state index < -0.39 is 0 Å². The second-order valence-corrected chi connectivity index (χ2v) is 6.16. The summed E-state index contributed by atoms with van der Waals surface area (Å²) in [5.74, 6) is 1.25. The van der Waals surface area contributed by atoms with E-state index in [9.17, 15) is 4.79 Å². The molecule has 2 rings (SSSR count). The molecule has 5 nitrogen and oxygen atoms in total. The van der Waals surface area contributed by atoms with Gasteiger partial charge in [0, 0.05) is 6.54 Å². The molecular weight excluding hydrogens is 316 g/mol. The summed E-state index contributed by atoms with van der Waals surface area (Å²) in [7, 11) is 5.62. The number of hydrogen-bond donors (Lipinski definition) is 1. The SMILES string of the molecule is COc1ccc(OCC(=O)NC[C@H](c2ccc(C)cc2)N(C)C)cc1. The van der Waals surface area contributed by atoms with Gasteiger partial charge in [0.05, 0.1) is 13.2 Å². The van der Waals surface area contributed by atoms with Crippen molar-refractivity contribution >= 4 is 5.91 Å². The Hall–Kier alpha value is -2.53. The fourth-order valence-corrected chi connectivity index (χ4v) is 2.47. The van der Waals surface area contributed by atoms with Crippen LogP contribution in [0.25, 0.3) is 0 Å². The number of methoxy groups -OCH3 is 1. The van der Waals surface area contributed by atoms with Crippen molar-refractivity contribution in [3.63, 3.8) is 0 Å². The first-order valence-electron chi connectivity index (χ1n) is 8.26. The van der Waals surface area contributed by atoms with Gasteiger partial charge >= 0.3 is 0 Å². The van der Waals surface area contributed by atoms with Crippen molar-refractivity contribution in [3.05, 3.63) is 59.7 Å². The van der Waals surface area contributed by atoms with E-state index in [0.29, 0.717) is 12.3 Å². The minimum Gasteiger partial charge on any atom is -0.497 e. The van der Waals surface area contributed by atoms with Crippen LogP contribution >= 0.6 is 0 Å². The standard InChI is InChI=1S/C20H26N2O3/c1-15-5-7-16(8-6-15)19(22(2)3)13-21-20(23)14-25-18-11-9-17(24-4)10-12-18/h5-12,19H,13-14H2,1-4H3,(H,21,23)/t19-/m1/s1. The highest BCUT2D eigenvalue weighted by Crippen LogP contribution is 2.18. The number of nitrogens with zero attached hydrogens (tertiary/aromatic N) is 1. The van der Waals surface area contributed by atoms with Crippen LogP contribution < -0.4 is 14.8 Å². The van der Waals surface area contributed by atoms with E-state index in [4.69, 9.17) is 9.47 Å². The Morgan fingerprint density at radius 1 is 1.04 bits per heavy atom. The van der Waals surface area contributed by atoms with E-state index >= 15 is 0 Å². The molecule has 1 N–H and O–H groups in total. The molecule has 5 heteroatoms. The van der Waals surface area contributed by atoms with Crippen molar-refractivity contribution in [2.24, 2.45) is 0 Å². The zero-order valence-corrected chi connectivity index (χ0v) is 15.3. The Labute approximate surface area is 149 Å². The molecule has 134 valence electrons. The molecule has 1 atom stereocenters. The van der Waals surface area contributed by atoms with E-state index in [1.54, 1.807) is 31.4 Å². The van der Waals surface area contributed by atoms with Crippen molar-refractivity contribution in [3.8, 4) is 11.5 Å². The summed E-state index contributed by atoms with van der Waals surface area (Å²) in [6.07, 6.45) is 0. The van der Waals surface area contributed by atoms with Gasteiger partial charge in [0.25, 0.3) is 5.91 Å². The van der Waals surface area contributed by atoms with Gasteiger partial charge in [-0.25, -0.2) is 0 Å². The quantitative estimate of drug-likeness (QED) is 0.801. The van der Waals surface area contributed by atoms with Crippen LogP contribution in [-0.4, -0.2) is 45.2 Å². The molecule has 0 aromatic heterocycles. The van der Waals surface area contributed by atoms with Gasteiger partial charge in [-0.15, -0.1) is 0 Å². The molecule has 25 heavy (non-hydrogen) atoms. The third kappa shape index (κ3) is 5.80. The maximum atomic E-state index is 12.1. The zero-order chi connectivity index (χ0) is 18.2. The number of nitrogens with one attached hydrogen (secondary N) is 1. The smallest absolute Gasteiger partial charge is 0.258 e.